The van der Waals surface area contributed by atoms with Crippen molar-refractivity contribution in [2.45, 2.75) is 51.6 Å². The number of amides is 2. The van der Waals surface area contributed by atoms with Gasteiger partial charge in [-0.25, -0.2) is 4.79 Å². The topological polar surface area (TPSA) is 89.9 Å². The molecule has 6 nitrogen and oxygen atoms in total. The minimum atomic E-state index is -0.787. The lowest BCUT2D eigenvalue weighted by Gasteiger charge is -2.36. The molecule has 0 aromatic heterocycles. The van der Waals surface area contributed by atoms with E-state index in [9.17, 15) is 14.7 Å². The number of hydrogen-bond donors (Lipinski definition) is 3. The van der Waals surface area contributed by atoms with Crippen LogP contribution in [0.3, 0.4) is 0 Å². The number of β-amino-alcohol motifs (C(OH)–C–C–N with tert-alkyl or cyclic N) is 1. The molecule has 0 bridgehead atoms. The second kappa shape index (κ2) is 7.47. The molecule has 2 amide bonds. The summed E-state index contributed by atoms with van der Waals surface area (Å²) in [5, 5.41) is 21.4. The van der Waals surface area contributed by atoms with Gasteiger partial charge in [-0.2, -0.15) is 0 Å². The van der Waals surface area contributed by atoms with E-state index in [4.69, 9.17) is 5.11 Å². The minimum absolute atomic E-state index is 0.143. The zero-order chi connectivity index (χ0) is 15.2. The maximum Gasteiger partial charge on any atom is 0.317 e. The first-order valence-corrected chi connectivity index (χ1v) is 7.27. The predicted octanol–water partition coefficient (Wildman–Crippen LogP) is 1.43. The molecule has 2 atom stereocenters. The third-order valence-electron chi connectivity index (χ3n) is 3.73. The first-order valence-electron chi connectivity index (χ1n) is 7.27. The molecule has 1 rings (SSSR count). The van der Waals surface area contributed by atoms with Gasteiger partial charge in [0.2, 0.25) is 0 Å². The Balaban J connectivity index is 2.21. The highest BCUT2D eigenvalue weighted by Crippen LogP contribution is 2.20. The number of nitrogens with zero attached hydrogens (tertiary/aromatic N) is 1. The Morgan fingerprint density at radius 1 is 1.40 bits per heavy atom. The second-order valence-corrected chi connectivity index (χ2v) is 6.08. The highest BCUT2D eigenvalue weighted by atomic mass is 16.4. The third-order valence-corrected chi connectivity index (χ3v) is 3.73. The van der Waals surface area contributed by atoms with E-state index in [1.54, 1.807) is 11.8 Å². The van der Waals surface area contributed by atoms with Crippen LogP contribution < -0.4 is 5.32 Å². The lowest BCUT2D eigenvalue weighted by atomic mass is 9.95. The molecule has 0 aliphatic carbocycles. The molecule has 20 heavy (non-hydrogen) atoms. The Morgan fingerprint density at radius 3 is 2.70 bits per heavy atom. The number of nitrogens with one attached hydrogen (secondary N) is 1. The van der Waals surface area contributed by atoms with Crippen LogP contribution in [0.1, 0.15) is 46.0 Å². The number of carboxylic acid groups (broad SMARTS) is 1. The number of rotatable bonds is 6. The summed E-state index contributed by atoms with van der Waals surface area (Å²) in [7, 11) is 0. The number of carbonyl (C=O) groups excluding carboxylic acids is 1. The fourth-order valence-corrected chi connectivity index (χ4v) is 2.44. The normalized spacial score (nSPS) is 24.2. The van der Waals surface area contributed by atoms with Crippen molar-refractivity contribution in [1.82, 2.24) is 10.2 Å². The van der Waals surface area contributed by atoms with Crippen molar-refractivity contribution < 1.29 is 19.8 Å². The fraction of sp³-hybridized carbons (Fsp3) is 0.857. The summed E-state index contributed by atoms with van der Waals surface area (Å²) in [5.74, 6) is -0.507. The van der Waals surface area contributed by atoms with Crippen molar-refractivity contribution >= 4 is 12.0 Å². The number of carboxylic acids is 1. The molecule has 116 valence electrons. The molecule has 1 fully saturated rings. The van der Waals surface area contributed by atoms with Gasteiger partial charge in [-0.15, -0.1) is 0 Å². The van der Waals surface area contributed by atoms with Gasteiger partial charge < -0.3 is 20.4 Å². The molecule has 0 saturated carbocycles. The molecule has 1 aliphatic heterocycles. The van der Waals surface area contributed by atoms with E-state index >= 15 is 0 Å². The highest BCUT2D eigenvalue weighted by molar-refractivity contribution is 5.74. The van der Waals surface area contributed by atoms with Crippen molar-refractivity contribution in [3.05, 3.63) is 0 Å². The number of urea groups is 1. The van der Waals surface area contributed by atoms with Crippen LogP contribution >= 0.6 is 0 Å². The van der Waals surface area contributed by atoms with E-state index in [0.29, 0.717) is 26.1 Å². The van der Waals surface area contributed by atoms with Gasteiger partial charge >= 0.3 is 12.0 Å². The second-order valence-electron chi connectivity index (χ2n) is 6.08. The number of hydrogen-bond acceptors (Lipinski definition) is 3. The summed E-state index contributed by atoms with van der Waals surface area (Å²) >= 11 is 0. The largest absolute Gasteiger partial charge is 0.481 e. The van der Waals surface area contributed by atoms with Crippen molar-refractivity contribution in [2.75, 3.05) is 19.6 Å². The van der Waals surface area contributed by atoms with E-state index in [-0.39, 0.29) is 18.4 Å². The third kappa shape index (κ3) is 6.23. The van der Waals surface area contributed by atoms with E-state index < -0.39 is 11.6 Å². The fourth-order valence-electron chi connectivity index (χ4n) is 2.44. The Hall–Kier alpha value is -1.30. The highest BCUT2D eigenvalue weighted by Gasteiger charge is 2.30. The summed E-state index contributed by atoms with van der Waals surface area (Å²) in [5.41, 5.74) is -0.787. The van der Waals surface area contributed by atoms with Gasteiger partial charge in [-0.1, -0.05) is 6.92 Å². The van der Waals surface area contributed by atoms with Gasteiger partial charge in [0.15, 0.2) is 0 Å². The number of likely N-dealkylation sites (tertiary alicyclic amines) is 1. The Morgan fingerprint density at radius 2 is 2.10 bits per heavy atom. The van der Waals surface area contributed by atoms with E-state index in [1.165, 1.54) is 0 Å². The van der Waals surface area contributed by atoms with E-state index in [0.717, 1.165) is 19.3 Å². The Bertz CT molecular complexity index is 344. The molecular formula is C14H26N2O4. The van der Waals surface area contributed by atoms with Crippen LogP contribution in [0.5, 0.6) is 0 Å². The zero-order valence-corrected chi connectivity index (χ0v) is 12.4. The number of carbonyl (C=O) groups is 2. The molecule has 0 radical (unpaired) electrons. The van der Waals surface area contributed by atoms with Crippen molar-refractivity contribution in [3.63, 3.8) is 0 Å². The van der Waals surface area contributed by atoms with Crippen LogP contribution in [0.2, 0.25) is 0 Å². The smallest absolute Gasteiger partial charge is 0.317 e. The summed E-state index contributed by atoms with van der Waals surface area (Å²) in [6.45, 7) is 5.32. The molecule has 1 aliphatic rings. The van der Waals surface area contributed by atoms with Crippen LogP contribution in [0.25, 0.3) is 0 Å². The average molecular weight is 286 g/mol. The summed E-state index contributed by atoms with van der Waals surface area (Å²) in [6, 6.07) is -0.143. The molecule has 0 aromatic carbocycles. The Labute approximate surface area is 120 Å². The van der Waals surface area contributed by atoms with Gasteiger partial charge in [0.25, 0.3) is 0 Å². The van der Waals surface area contributed by atoms with E-state index in [2.05, 4.69) is 5.32 Å². The zero-order valence-electron chi connectivity index (χ0n) is 12.4. The minimum Gasteiger partial charge on any atom is -0.481 e. The van der Waals surface area contributed by atoms with Crippen molar-refractivity contribution in [3.8, 4) is 0 Å². The van der Waals surface area contributed by atoms with Gasteiger partial charge in [0.1, 0.15) is 0 Å². The standard InChI is InChI=1S/C14H26N2O4/c1-11(4-5-12(17)18)6-8-15-13(19)16-9-3-7-14(2,20)10-16/h11,20H,3-10H2,1-2H3,(H,15,19)(H,17,18). The van der Waals surface area contributed by atoms with Crippen LogP contribution in [0, 0.1) is 5.92 Å². The number of aliphatic hydroxyl groups is 1. The van der Waals surface area contributed by atoms with Crippen LogP contribution in [-0.2, 0) is 4.79 Å². The molecule has 6 heteroatoms. The van der Waals surface area contributed by atoms with Gasteiger partial charge in [-0.3, -0.25) is 4.79 Å². The molecule has 1 heterocycles. The molecule has 2 unspecified atom stereocenters. The van der Waals surface area contributed by atoms with Crippen LogP contribution in [-0.4, -0.2) is 52.3 Å². The molecule has 0 spiro atoms. The lowest BCUT2D eigenvalue weighted by Crippen LogP contribution is -2.52. The van der Waals surface area contributed by atoms with Crippen LogP contribution in [0.15, 0.2) is 0 Å². The maximum absolute atomic E-state index is 11.9. The lowest BCUT2D eigenvalue weighted by molar-refractivity contribution is -0.137. The molecule has 3 N–H and O–H groups in total. The van der Waals surface area contributed by atoms with E-state index in [1.807, 2.05) is 6.92 Å². The quantitative estimate of drug-likeness (QED) is 0.689. The monoisotopic (exact) mass is 286 g/mol. The molecule has 0 aromatic rings. The van der Waals surface area contributed by atoms with Crippen LogP contribution in [0.4, 0.5) is 4.79 Å². The average Bonchev–Trinajstić information content (AvgIpc) is 2.35. The SMILES string of the molecule is CC(CCNC(=O)N1CCCC(C)(O)C1)CCC(=O)O. The first-order chi connectivity index (χ1) is 9.30. The van der Waals surface area contributed by atoms with Crippen molar-refractivity contribution in [1.29, 1.82) is 0 Å². The predicted molar refractivity (Wildman–Crippen MR) is 75.5 cm³/mol. The summed E-state index contributed by atoms with van der Waals surface area (Å²) < 4.78 is 0. The molecule has 1 saturated heterocycles. The summed E-state index contributed by atoms with van der Waals surface area (Å²) in [4.78, 5) is 24.0. The summed E-state index contributed by atoms with van der Waals surface area (Å²) in [6.07, 6.45) is 3.11. The Kier molecular flexibility index (Phi) is 6.26. The van der Waals surface area contributed by atoms with Crippen molar-refractivity contribution in [2.24, 2.45) is 5.92 Å². The maximum atomic E-state index is 11.9. The van der Waals surface area contributed by atoms with Gasteiger partial charge in [-0.05, 0) is 38.5 Å². The number of piperidine rings is 1. The van der Waals surface area contributed by atoms with Gasteiger partial charge in [0, 0.05) is 19.5 Å². The number of aliphatic carboxylic acids is 1. The van der Waals surface area contributed by atoms with Gasteiger partial charge in [0.05, 0.1) is 12.1 Å². The molecular weight excluding hydrogens is 260 g/mol. The first kappa shape index (κ1) is 16.8.